The third-order valence-corrected chi connectivity index (χ3v) is 11.7. The minimum absolute atomic E-state index is 0.0919. The molecule has 2 heterocycles. The van der Waals surface area contributed by atoms with Gasteiger partial charge in [-0.05, 0) is 84.9 Å². The number of benzene rings is 2. The molecule has 244 valence electrons. The molecule has 0 fully saturated rings. The van der Waals surface area contributed by atoms with Crippen molar-refractivity contribution >= 4 is 29.9 Å². The van der Waals surface area contributed by atoms with Gasteiger partial charge in [0.05, 0.1) is 23.6 Å². The van der Waals surface area contributed by atoms with E-state index in [1.54, 1.807) is 0 Å². The van der Waals surface area contributed by atoms with Gasteiger partial charge < -0.3 is 9.13 Å². The van der Waals surface area contributed by atoms with Gasteiger partial charge in [0.1, 0.15) is 0 Å². The zero-order chi connectivity index (χ0) is 33.8. The lowest BCUT2D eigenvalue weighted by Gasteiger charge is -2.29. The van der Waals surface area contributed by atoms with Gasteiger partial charge in [0.15, 0.2) is 0 Å². The lowest BCUT2D eigenvalue weighted by Crippen LogP contribution is -2.17. The second-order valence-electron chi connectivity index (χ2n) is 14.3. The summed E-state index contributed by atoms with van der Waals surface area (Å²) in [5, 5.41) is 20.1. The summed E-state index contributed by atoms with van der Waals surface area (Å²) in [4.78, 5) is 0. The SMILES string of the molecule is CC1C(c2cccc(C#N)c2Cn2c3c(c4c2CCC=C4)C=CCC3)=CC=CC1c1ccc(-n2c3c(c4c2CC(C#N)C=C4)C=CCC3)cc1. The van der Waals surface area contributed by atoms with Crippen LogP contribution in [0.15, 0.2) is 85.0 Å². The molecule has 0 saturated heterocycles. The second-order valence-corrected chi connectivity index (χ2v) is 14.3. The average Bonchev–Trinajstić information content (AvgIpc) is 3.67. The van der Waals surface area contributed by atoms with Gasteiger partial charge in [-0.1, -0.05) is 98.0 Å². The fourth-order valence-corrected chi connectivity index (χ4v) is 9.22. The van der Waals surface area contributed by atoms with Crippen LogP contribution in [0.5, 0.6) is 0 Å². The number of hydrogen-bond acceptors (Lipinski definition) is 2. The van der Waals surface area contributed by atoms with E-state index in [-0.39, 0.29) is 17.8 Å². The molecule has 3 unspecified atom stereocenters. The van der Waals surface area contributed by atoms with E-state index in [1.165, 1.54) is 67.4 Å². The fourth-order valence-electron chi connectivity index (χ4n) is 9.22. The van der Waals surface area contributed by atoms with Crippen molar-refractivity contribution in [2.24, 2.45) is 11.8 Å². The summed E-state index contributed by atoms with van der Waals surface area (Å²) in [5.41, 5.74) is 17.6. The molecule has 0 N–H and O–H groups in total. The van der Waals surface area contributed by atoms with Crippen LogP contribution in [0.2, 0.25) is 0 Å². The number of nitrogens with zero attached hydrogens (tertiary/aromatic N) is 4. The van der Waals surface area contributed by atoms with Gasteiger partial charge in [0, 0.05) is 69.6 Å². The molecule has 0 bridgehead atoms. The maximum atomic E-state index is 10.4. The molecule has 0 amide bonds. The maximum Gasteiger partial charge on any atom is 0.0995 e. The Morgan fingerprint density at radius 2 is 1.40 bits per heavy atom. The number of nitriles is 2. The summed E-state index contributed by atoms with van der Waals surface area (Å²) in [5.74, 6) is 0.354. The van der Waals surface area contributed by atoms with Crippen LogP contribution in [0.1, 0.15) is 99.4 Å². The van der Waals surface area contributed by atoms with E-state index < -0.39 is 0 Å². The Morgan fingerprint density at radius 3 is 2.08 bits per heavy atom. The molecule has 5 aliphatic carbocycles. The first-order valence-corrected chi connectivity index (χ1v) is 18.2. The zero-order valence-corrected chi connectivity index (χ0v) is 28.6. The predicted molar refractivity (Wildman–Crippen MR) is 203 cm³/mol. The molecular formula is C46H40N4. The average molecular weight is 649 g/mol. The number of allylic oxidation sites excluding steroid dienone is 8. The van der Waals surface area contributed by atoms with Crippen molar-refractivity contribution in [3.8, 4) is 17.8 Å². The van der Waals surface area contributed by atoms with Crippen LogP contribution in [0, 0.1) is 34.5 Å². The number of aromatic nitrogens is 2. The molecule has 9 rings (SSSR count). The molecule has 0 radical (unpaired) electrons. The van der Waals surface area contributed by atoms with Gasteiger partial charge in [-0.25, -0.2) is 0 Å². The number of hydrogen-bond donors (Lipinski definition) is 0. The van der Waals surface area contributed by atoms with E-state index in [9.17, 15) is 10.5 Å². The van der Waals surface area contributed by atoms with Crippen LogP contribution in [-0.4, -0.2) is 9.13 Å². The highest BCUT2D eigenvalue weighted by atomic mass is 15.0. The first-order chi connectivity index (χ1) is 24.6. The van der Waals surface area contributed by atoms with E-state index >= 15 is 0 Å². The molecule has 0 aliphatic heterocycles. The van der Waals surface area contributed by atoms with Crippen molar-refractivity contribution in [3.05, 3.63) is 152 Å². The summed E-state index contributed by atoms with van der Waals surface area (Å²) in [6.07, 6.45) is 31.8. The summed E-state index contributed by atoms with van der Waals surface area (Å²) < 4.78 is 4.97. The van der Waals surface area contributed by atoms with Crippen molar-refractivity contribution < 1.29 is 0 Å². The smallest absolute Gasteiger partial charge is 0.0995 e. The van der Waals surface area contributed by atoms with Gasteiger partial charge in [0.2, 0.25) is 0 Å². The normalized spacial score (nSPS) is 21.1. The van der Waals surface area contributed by atoms with Crippen molar-refractivity contribution in [3.63, 3.8) is 0 Å². The van der Waals surface area contributed by atoms with Gasteiger partial charge in [-0.2, -0.15) is 10.5 Å². The highest BCUT2D eigenvalue weighted by Crippen LogP contribution is 2.43. The number of rotatable bonds is 5. The summed E-state index contributed by atoms with van der Waals surface area (Å²) in [6.45, 7) is 3.05. The van der Waals surface area contributed by atoms with Crippen molar-refractivity contribution in [1.29, 1.82) is 10.5 Å². The van der Waals surface area contributed by atoms with Gasteiger partial charge >= 0.3 is 0 Å². The van der Waals surface area contributed by atoms with E-state index in [0.717, 1.165) is 56.1 Å². The van der Waals surface area contributed by atoms with Crippen LogP contribution >= 0.6 is 0 Å². The lowest BCUT2D eigenvalue weighted by molar-refractivity contribution is 0.648. The Bertz CT molecular complexity index is 2270. The predicted octanol–water partition coefficient (Wildman–Crippen LogP) is 10.2. The fraction of sp³-hybridized carbons (Fsp3) is 0.261. The third-order valence-electron chi connectivity index (χ3n) is 11.7. The van der Waals surface area contributed by atoms with Crippen molar-refractivity contribution in [2.75, 3.05) is 0 Å². The minimum Gasteiger partial charge on any atom is -0.343 e. The quantitative estimate of drug-likeness (QED) is 0.216. The molecule has 50 heavy (non-hydrogen) atoms. The molecule has 2 aromatic heterocycles. The topological polar surface area (TPSA) is 57.4 Å². The number of fused-ring (bicyclic) bond motifs is 6. The van der Waals surface area contributed by atoms with Crippen molar-refractivity contribution in [2.45, 2.75) is 64.3 Å². The van der Waals surface area contributed by atoms with Crippen LogP contribution in [0.25, 0.3) is 35.6 Å². The van der Waals surface area contributed by atoms with Crippen LogP contribution in [0.4, 0.5) is 0 Å². The Hall–Kier alpha value is -5.58. The van der Waals surface area contributed by atoms with Gasteiger partial charge in [-0.15, -0.1) is 0 Å². The highest BCUT2D eigenvalue weighted by Gasteiger charge is 2.30. The van der Waals surface area contributed by atoms with E-state index in [1.807, 2.05) is 6.07 Å². The summed E-state index contributed by atoms with van der Waals surface area (Å²) in [6, 6.07) is 20.5. The Labute approximate surface area is 295 Å². The molecule has 4 heteroatoms. The van der Waals surface area contributed by atoms with Crippen LogP contribution in [0.3, 0.4) is 0 Å². The molecule has 0 spiro atoms. The third kappa shape index (κ3) is 4.86. The molecule has 4 aromatic rings. The summed E-state index contributed by atoms with van der Waals surface area (Å²) >= 11 is 0. The lowest BCUT2D eigenvalue weighted by atomic mass is 9.75. The monoisotopic (exact) mass is 648 g/mol. The molecular weight excluding hydrogens is 609 g/mol. The first-order valence-electron chi connectivity index (χ1n) is 18.2. The maximum absolute atomic E-state index is 10.4. The first kappa shape index (κ1) is 30.5. The Balaban J connectivity index is 1.05. The second kappa shape index (κ2) is 12.4. The Kier molecular flexibility index (Phi) is 7.55. The minimum atomic E-state index is -0.0919. The summed E-state index contributed by atoms with van der Waals surface area (Å²) in [7, 11) is 0. The van der Waals surface area contributed by atoms with Crippen molar-refractivity contribution in [1.82, 2.24) is 9.13 Å². The zero-order valence-electron chi connectivity index (χ0n) is 28.6. The van der Waals surface area contributed by atoms with Crippen LogP contribution < -0.4 is 0 Å². The largest absolute Gasteiger partial charge is 0.343 e. The standard InChI is InChI=1S/C46H40N4/c1-30-35(32-21-23-34(24-22-32)50-45-19-7-4-13-40(45)41-25-20-31(27-47)26-46(41)50)14-9-15-36(30)37-16-8-10-33(28-48)42(37)29-49-43-17-5-2-11-38(43)39-12-3-6-18-44(39)49/h2-4,8-16,20-25,30-31,35H,5-7,17-19,26,29H2,1H3. The van der Waals surface area contributed by atoms with Crippen LogP contribution in [-0.2, 0) is 32.2 Å². The molecule has 5 aliphatic rings. The van der Waals surface area contributed by atoms with Gasteiger partial charge in [-0.3, -0.25) is 0 Å². The molecule has 4 nitrogen and oxygen atoms in total. The highest BCUT2D eigenvalue weighted by molar-refractivity contribution is 5.77. The molecule has 3 atom stereocenters. The van der Waals surface area contributed by atoms with E-state index in [0.29, 0.717) is 6.54 Å². The van der Waals surface area contributed by atoms with Gasteiger partial charge in [0.25, 0.3) is 0 Å². The molecule has 0 saturated carbocycles. The van der Waals surface area contributed by atoms with E-state index in [2.05, 4.69) is 131 Å². The van der Waals surface area contributed by atoms with E-state index in [4.69, 9.17) is 0 Å². The Morgan fingerprint density at radius 1 is 0.740 bits per heavy atom. The molecule has 2 aromatic carbocycles.